The Kier molecular flexibility index (Phi) is 10.7. The standard InChI is InChI=1S/C24H34N6O2.HI/c1-17-6-7-21(32-3)19(15-17)8-12-28-24(26-2)29-16-20-5-4-11-27-23(20)30-13-9-18(10-14-30)22(25)31;/h4-7,11,15,18H,8-10,12-14,16H2,1-3H3,(H2,25,31)(H2,26,28,29);1H. The van der Waals surface area contributed by atoms with E-state index in [0.29, 0.717) is 6.54 Å². The first-order chi connectivity index (χ1) is 15.5. The Morgan fingerprint density at radius 1 is 1.24 bits per heavy atom. The minimum Gasteiger partial charge on any atom is -0.496 e. The Hall–Kier alpha value is -2.56. The van der Waals surface area contributed by atoms with Crippen LogP contribution in [-0.4, -0.2) is 50.6 Å². The van der Waals surface area contributed by atoms with Crippen molar-refractivity contribution >= 4 is 41.7 Å². The lowest BCUT2D eigenvalue weighted by molar-refractivity contribution is -0.122. The van der Waals surface area contributed by atoms with Crippen LogP contribution in [0.15, 0.2) is 41.5 Å². The number of nitrogens with zero attached hydrogens (tertiary/aromatic N) is 3. The minimum atomic E-state index is -0.203. The van der Waals surface area contributed by atoms with Crippen LogP contribution in [-0.2, 0) is 17.8 Å². The smallest absolute Gasteiger partial charge is 0.220 e. The van der Waals surface area contributed by atoms with Gasteiger partial charge in [-0.25, -0.2) is 4.98 Å². The molecule has 0 saturated carbocycles. The van der Waals surface area contributed by atoms with Crippen molar-refractivity contribution in [2.24, 2.45) is 16.6 Å². The van der Waals surface area contributed by atoms with Gasteiger partial charge in [-0.1, -0.05) is 23.8 Å². The number of methoxy groups -OCH3 is 1. The van der Waals surface area contributed by atoms with Crippen LogP contribution < -0.4 is 26.0 Å². The largest absolute Gasteiger partial charge is 0.496 e. The number of rotatable bonds is 8. The number of hydrogen-bond donors (Lipinski definition) is 3. The number of carbonyl (C=O) groups is 1. The zero-order valence-corrected chi connectivity index (χ0v) is 22.0. The first kappa shape index (κ1) is 26.7. The zero-order chi connectivity index (χ0) is 22.9. The van der Waals surface area contributed by atoms with E-state index < -0.39 is 0 Å². The number of primary amides is 1. The number of anilines is 1. The quantitative estimate of drug-likeness (QED) is 0.258. The average Bonchev–Trinajstić information content (AvgIpc) is 2.81. The van der Waals surface area contributed by atoms with E-state index in [4.69, 9.17) is 10.5 Å². The molecule has 0 atom stereocenters. The summed E-state index contributed by atoms with van der Waals surface area (Å²) in [6.45, 7) is 4.98. The van der Waals surface area contributed by atoms with Gasteiger partial charge < -0.3 is 26.0 Å². The molecular weight excluding hydrogens is 531 g/mol. The van der Waals surface area contributed by atoms with Crippen LogP contribution in [0.25, 0.3) is 0 Å². The summed E-state index contributed by atoms with van der Waals surface area (Å²) >= 11 is 0. The third-order valence-corrected chi connectivity index (χ3v) is 5.86. The Morgan fingerprint density at radius 2 is 2.00 bits per heavy atom. The molecule has 1 aliphatic rings. The number of carbonyl (C=O) groups excluding carboxylic acids is 1. The molecule has 0 radical (unpaired) electrons. The molecule has 3 rings (SSSR count). The fraction of sp³-hybridized carbons (Fsp3) is 0.458. The molecule has 9 heteroatoms. The maximum absolute atomic E-state index is 11.5. The highest BCUT2D eigenvalue weighted by molar-refractivity contribution is 14.0. The molecule has 0 aliphatic carbocycles. The third kappa shape index (κ3) is 7.48. The van der Waals surface area contributed by atoms with E-state index in [1.54, 1.807) is 20.4 Å². The van der Waals surface area contributed by atoms with Gasteiger partial charge in [0.05, 0.1) is 7.11 Å². The van der Waals surface area contributed by atoms with Crippen molar-refractivity contribution in [3.8, 4) is 5.75 Å². The van der Waals surface area contributed by atoms with Crippen molar-refractivity contribution in [2.75, 3.05) is 38.7 Å². The van der Waals surface area contributed by atoms with Crippen LogP contribution in [0.5, 0.6) is 5.75 Å². The van der Waals surface area contributed by atoms with E-state index in [2.05, 4.69) is 50.6 Å². The number of ether oxygens (including phenoxy) is 1. The molecule has 1 aromatic heterocycles. The number of guanidine groups is 1. The summed E-state index contributed by atoms with van der Waals surface area (Å²) in [5.41, 5.74) is 8.94. The number of hydrogen-bond acceptors (Lipinski definition) is 5. The number of pyridine rings is 1. The van der Waals surface area contributed by atoms with Crippen LogP contribution >= 0.6 is 24.0 Å². The Balaban J connectivity index is 0.00000385. The fourth-order valence-electron chi connectivity index (χ4n) is 4.05. The lowest BCUT2D eigenvalue weighted by Crippen LogP contribution is -2.40. The highest BCUT2D eigenvalue weighted by Crippen LogP contribution is 2.24. The highest BCUT2D eigenvalue weighted by atomic mass is 127. The maximum atomic E-state index is 11.5. The predicted molar refractivity (Wildman–Crippen MR) is 143 cm³/mol. The summed E-state index contributed by atoms with van der Waals surface area (Å²) in [6, 6.07) is 10.2. The topological polar surface area (TPSA) is 105 Å². The monoisotopic (exact) mass is 566 g/mol. The molecule has 180 valence electrons. The molecule has 1 aromatic carbocycles. The van der Waals surface area contributed by atoms with Gasteiger partial charge in [0.1, 0.15) is 11.6 Å². The summed E-state index contributed by atoms with van der Waals surface area (Å²) in [4.78, 5) is 22.6. The second-order valence-electron chi connectivity index (χ2n) is 8.07. The van der Waals surface area contributed by atoms with Gasteiger partial charge in [0, 0.05) is 50.9 Å². The molecule has 8 nitrogen and oxygen atoms in total. The Bertz CT molecular complexity index is 944. The fourth-order valence-corrected chi connectivity index (χ4v) is 4.05. The molecule has 1 amide bonds. The number of benzene rings is 1. The summed E-state index contributed by atoms with van der Waals surface area (Å²) in [5.74, 6) is 2.35. The zero-order valence-electron chi connectivity index (χ0n) is 19.6. The second-order valence-corrected chi connectivity index (χ2v) is 8.07. The van der Waals surface area contributed by atoms with Gasteiger partial charge in [-0.05, 0) is 43.9 Å². The molecule has 0 bridgehead atoms. The molecule has 1 fully saturated rings. The van der Waals surface area contributed by atoms with E-state index in [0.717, 1.165) is 62.0 Å². The van der Waals surface area contributed by atoms with Crippen molar-refractivity contribution in [3.05, 3.63) is 53.2 Å². The van der Waals surface area contributed by atoms with E-state index in [9.17, 15) is 4.79 Å². The number of aryl methyl sites for hydroxylation is 1. The van der Waals surface area contributed by atoms with Crippen molar-refractivity contribution in [1.29, 1.82) is 0 Å². The van der Waals surface area contributed by atoms with Crippen LogP contribution in [0.1, 0.15) is 29.5 Å². The van der Waals surface area contributed by atoms with Gasteiger partial charge in [0.25, 0.3) is 0 Å². The van der Waals surface area contributed by atoms with Crippen molar-refractivity contribution in [3.63, 3.8) is 0 Å². The molecule has 1 saturated heterocycles. The van der Waals surface area contributed by atoms with Gasteiger partial charge in [0.15, 0.2) is 5.96 Å². The van der Waals surface area contributed by atoms with E-state index in [1.807, 2.05) is 12.1 Å². The Morgan fingerprint density at radius 3 is 2.67 bits per heavy atom. The molecular formula is C24H35IN6O2. The summed E-state index contributed by atoms with van der Waals surface area (Å²) < 4.78 is 5.47. The highest BCUT2D eigenvalue weighted by Gasteiger charge is 2.24. The second kappa shape index (κ2) is 13.2. The third-order valence-electron chi connectivity index (χ3n) is 5.86. The van der Waals surface area contributed by atoms with Crippen molar-refractivity contribution < 1.29 is 9.53 Å². The molecule has 1 aliphatic heterocycles. The lowest BCUT2D eigenvalue weighted by Gasteiger charge is -2.32. The summed E-state index contributed by atoms with van der Waals surface area (Å²) in [7, 11) is 3.46. The first-order valence-corrected chi connectivity index (χ1v) is 11.1. The normalized spacial score (nSPS) is 14.4. The number of aromatic nitrogens is 1. The molecule has 0 spiro atoms. The number of aliphatic imine (C=N–C) groups is 1. The average molecular weight is 566 g/mol. The van der Waals surface area contributed by atoms with Crippen LogP contribution in [0.4, 0.5) is 5.82 Å². The van der Waals surface area contributed by atoms with E-state index in [-0.39, 0.29) is 35.8 Å². The lowest BCUT2D eigenvalue weighted by atomic mass is 9.96. The SMILES string of the molecule is CN=C(NCCc1cc(C)ccc1OC)NCc1cccnc1N1CCC(C(N)=O)CC1.I. The van der Waals surface area contributed by atoms with Gasteiger partial charge >= 0.3 is 0 Å². The van der Waals surface area contributed by atoms with Gasteiger partial charge in [-0.15, -0.1) is 24.0 Å². The van der Waals surface area contributed by atoms with Crippen molar-refractivity contribution in [2.45, 2.75) is 32.7 Å². The number of nitrogens with two attached hydrogens (primary N) is 1. The van der Waals surface area contributed by atoms with Crippen molar-refractivity contribution in [1.82, 2.24) is 15.6 Å². The minimum absolute atomic E-state index is 0. The first-order valence-electron chi connectivity index (χ1n) is 11.1. The number of piperidine rings is 1. The van der Waals surface area contributed by atoms with E-state index >= 15 is 0 Å². The maximum Gasteiger partial charge on any atom is 0.220 e. The van der Waals surface area contributed by atoms with Crippen LogP contribution in [0.2, 0.25) is 0 Å². The number of nitrogens with one attached hydrogen (secondary N) is 2. The summed E-state index contributed by atoms with van der Waals surface area (Å²) in [6.07, 6.45) is 4.18. The van der Waals surface area contributed by atoms with Gasteiger partial charge in [0.2, 0.25) is 5.91 Å². The van der Waals surface area contributed by atoms with E-state index in [1.165, 1.54) is 11.1 Å². The molecule has 2 heterocycles. The molecule has 2 aromatic rings. The van der Waals surface area contributed by atoms with Gasteiger partial charge in [-0.2, -0.15) is 0 Å². The summed E-state index contributed by atoms with van der Waals surface area (Å²) in [5, 5.41) is 6.76. The molecule has 0 unspecified atom stereocenters. The van der Waals surface area contributed by atoms with Gasteiger partial charge in [-0.3, -0.25) is 9.79 Å². The molecule has 33 heavy (non-hydrogen) atoms. The van der Waals surface area contributed by atoms with Crippen LogP contribution in [0.3, 0.4) is 0 Å². The Labute approximate surface area is 213 Å². The number of amides is 1. The predicted octanol–water partition coefficient (Wildman–Crippen LogP) is 2.63. The number of halogens is 1. The molecule has 4 N–H and O–H groups in total. The van der Waals surface area contributed by atoms with Crippen LogP contribution in [0, 0.1) is 12.8 Å².